The van der Waals surface area contributed by atoms with Crippen molar-refractivity contribution in [1.29, 1.82) is 0 Å². The van der Waals surface area contributed by atoms with Crippen LogP contribution in [0, 0.1) is 10.1 Å². The van der Waals surface area contributed by atoms with E-state index in [1.54, 1.807) is 0 Å². The van der Waals surface area contributed by atoms with Gasteiger partial charge in [-0.15, -0.1) is 0 Å². The van der Waals surface area contributed by atoms with Crippen molar-refractivity contribution in [2.75, 3.05) is 12.3 Å². The number of anilines is 1. The van der Waals surface area contributed by atoms with Crippen molar-refractivity contribution in [2.24, 2.45) is 0 Å². The Labute approximate surface area is 117 Å². The van der Waals surface area contributed by atoms with Crippen molar-refractivity contribution < 1.29 is 13.3 Å². The van der Waals surface area contributed by atoms with E-state index in [4.69, 9.17) is 5.73 Å². The van der Waals surface area contributed by atoms with Crippen LogP contribution in [0.25, 0.3) is 0 Å². The lowest BCUT2D eigenvalue weighted by Crippen LogP contribution is -2.42. The Morgan fingerprint density at radius 2 is 2.10 bits per heavy atom. The van der Waals surface area contributed by atoms with E-state index in [2.05, 4.69) is 0 Å². The number of nitro benzene ring substituents is 1. The Morgan fingerprint density at radius 3 is 2.70 bits per heavy atom. The molecule has 2 rings (SSSR count). The Morgan fingerprint density at radius 1 is 1.40 bits per heavy atom. The van der Waals surface area contributed by atoms with Crippen LogP contribution in [-0.4, -0.2) is 30.2 Å². The average Bonchev–Trinajstić information content (AvgIpc) is 2.38. The highest BCUT2D eigenvalue weighted by Crippen LogP contribution is 2.31. The molecule has 1 saturated heterocycles. The predicted octanol–water partition coefficient (Wildman–Crippen LogP) is 1.74. The lowest BCUT2D eigenvalue weighted by molar-refractivity contribution is -0.387. The number of nitro groups is 1. The molecule has 1 aliphatic heterocycles. The molecule has 1 heterocycles. The topological polar surface area (TPSA) is 107 Å². The molecule has 0 aliphatic carbocycles. The van der Waals surface area contributed by atoms with Crippen molar-refractivity contribution in [3.63, 3.8) is 0 Å². The highest BCUT2D eigenvalue weighted by atomic mass is 32.2. The van der Waals surface area contributed by atoms with Gasteiger partial charge in [0.15, 0.2) is 4.90 Å². The first-order valence-electron chi connectivity index (χ1n) is 6.40. The average molecular weight is 299 g/mol. The third-order valence-corrected chi connectivity index (χ3v) is 5.55. The second kappa shape index (κ2) is 5.37. The maximum Gasteiger partial charge on any atom is 0.289 e. The smallest absolute Gasteiger partial charge is 0.289 e. The number of nitrogen functional groups attached to an aromatic ring is 1. The molecule has 110 valence electrons. The van der Waals surface area contributed by atoms with Gasteiger partial charge in [-0.25, -0.2) is 8.42 Å². The molecule has 20 heavy (non-hydrogen) atoms. The number of piperidine rings is 1. The fraction of sp³-hybridized carbons (Fsp3) is 0.500. The first-order chi connectivity index (χ1) is 9.34. The van der Waals surface area contributed by atoms with Gasteiger partial charge in [0.1, 0.15) is 0 Å². The molecule has 1 aromatic rings. The molecule has 0 aromatic heterocycles. The van der Waals surface area contributed by atoms with E-state index in [1.165, 1.54) is 10.4 Å². The van der Waals surface area contributed by atoms with Crippen LogP contribution in [-0.2, 0) is 10.0 Å². The Balaban J connectivity index is 2.53. The minimum atomic E-state index is -3.90. The highest BCUT2D eigenvalue weighted by Gasteiger charge is 2.35. The van der Waals surface area contributed by atoms with Crippen LogP contribution >= 0.6 is 0 Å². The summed E-state index contributed by atoms with van der Waals surface area (Å²) in [6.45, 7) is 2.20. The van der Waals surface area contributed by atoms with Gasteiger partial charge in [-0.3, -0.25) is 10.1 Å². The normalized spacial score (nSPS) is 20.8. The Hall–Kier alpha value is -1.67. The van der Waals surface area contributed by atoms with Crippen LogP contribution in [0.5, 0.6) is 0 Å². The summed E-state index contributed by atoms with van der Waals surface area (Å²) in [7, 11) is -3.90. The first-order valence-corrected chi connectivity index (χ1v) is 7.84. The fourth-order valence-corrected chi connectivity index (χ4v) is 4.34. The summed E-state index contributed by atoms with van der Waals surface area (Å²) in [5, 5.41) is 11.0. The van der Waals surface area contributed by atoms with Crippen molar-refractivity contribution in [3.8, 4) is 0 Å². The number of sulfonamides is 1. The molecule has 0 spiro atoms. The maximum atomic E-state index is 12.6. The fourth-order valence-electron chi connectivity index (χ4n) is 2.44. The summed E-state index contributed by atoms with van der Waals surface area (Å²) < 4.78 is 26.6. The van der Waals surface area contributed by atoms with Crippen LogP contribution < -0.4 is 5.73 Å². The standard InChI is InChI=1S/C12H17N3O4S/c1-9-4-2-3-7-14(9)20(18,19)12-8-10(13)5-6-11(12)15(16)17/h5-6,8-9H,2-4,7,13H2,1H3. The van der Waals surface area contributed by atoms with Gasteiger partial charge in [-0.05, 0) is 31.9 Å². The second-order valence-electron chi connectivity index (χ2n) is 4.94. The van der Waals surface area contributed by atoms with E-state index in [1.807, 2.05) is 6.92 Å². The molecular formula is C12H17N3O4S. The molecule has 1 fully saturated rings. The molecule has 0 saturated carbocycles. The molecule has 8 heteroatoms. The van der Waals surface area contributed by atoms with Crippen LogP contribution in [0.2, 0.25) is 0 Å². The summed E-state index contributed by atoms with van der Waals surface area (Å²) in [5.74, 6) is 0. The highest BCUT2D eigenvalue weighted by molar-refractivity contribution is 7.89. The molecule has 1 aromatic carbocycles. The van der Waals surface area contributed by atoms with Gasteiger partial charge in [0.2, 0.25) is 10.0 Å². The summed E-state index contributed by atoms with van der Waals surface area (Å²) >= 11 is 0. The summed E-state index contributed by atoms with van der Waals surface area (Å²) in [6.07, 6.45) is 2.49. The lowest BCUT2D eigenvalue weighted by Gasteiger charge is -2.32. The second-order valence-corrected chi connectivity index (χ2v) is 6.80. The van der Waals surface area contributed by atoms with Gasteiger partial charge < -0.3 is 5.73 Å². The third-order valence-electron chi connectivity index (χ3n) is 3.51. The van der Waals surface area contributed by atoms with E-state index >= 15 is 0 Å². The molecule has 0 bridgehead atoms. The largest absolute Gasteiger partial charge is 0.399 e. The van der Waals surface area contributed by atoms with E-state index < -0.39 is 20.6 Å². The van der Waals surface area contributed by atoms with Crippen molar-refractivity contribution in [2.45, 2.75) is 37.1 Å². The van der Waals surface area contributed by atoms with Gasteiger partial charge in [-0.1, -0.05) is 6.42 Å². The van der Waals surface area contributed by atoms with Crippen LogP contribution in [0.1, 0.15) is 26.2 Å². The van der Waals surface area contributed by atoms with E-state index in [9.17, 15) is 18.5 Å². The lowest BCUT2D eigenvalue weighted by atomic mass is 10.1. The van der Waals surface area contributed by atoms with E-state index in [-0.39, 0.29) is 16.6 Å². The zero-order valence-electron chi connectivity index (χ0n) is 11.2. The number of benzene rings is 1. The Kier molecular flexibility index (Phi) is 3.96. The van der Waals surface area contributed by atoms with Crippen molar-refractivity contribution in [3.05, 3.63) is 28.3 Å². The quantitative estimate of drug-likeness (QED) is 0.519. The number of rotatable bonds is 3. The molecular weight excluding hydrogens is 282 g/mol. The SMILES string of the molecule is CC1CCCCN1S(=O)(=O)c1cc(N)ccc1[N+](=O)[O-]. The molecule has 0 radical (unpaired) electrons. The molecule has 2 N–H and O–H groups in total. The minimum Gasteiger partial charge on any atom is -0.399 e. The summed E-state index contributed by atoms with van der Waals surface area (Å²) in [5.41, 5.74) is 5.34. The number of nitrogens with two attached hydrogens (primary N) is 1. The molecule has 1 unspecified atom stereocenters. The zero-order valence-corrected chi connectivity index (χ0v) is 12.0. The van der Waals surface area contributed by atoms with Crippen molar-refractivity contribution >= 4 is 21.4 Å². The van der Waals surface area contributed by atoms with E-state index in [0.29, 0.717) is 6.54 Å². The number of hydrogen-bond acceptors (Lipinski definition) is 5. The van der Waals surface area contributed by atoms with Crippen LogP contribution in [0.4, 0.5) is 11.4 Å². The third kappa shape index (κ3) is 2.61. The minimum absolute atomic E-state index is 0.158. The van der Waals surface area contributed by atoms with Gasteiger partial charge in [0.05, 0.1) is 4.92 Å². The summed E-state index contributed by atoms with van der Waals surface area (Å²) in [4.78, 5) is 10.0. The van der Waals surface area contributed by atoms with Crippen LogP contribution in [0.3, 0.4) is 0 Å². The summed E-state index contributed by atoms with van der Waals surface area (Å²) in [6, 6.07) is 3.47. The van der Waals surface area contributed by atoms with Gasteiger partial charge in [0, 0.05) is 24.3 Å². The van der Waals surface area contributed by atoms with Gasteiger partial charge >= 0.3 is 0 Å². The van der Waals surface area contributed by atoms with Gasteiger partial charge in [-0.2, -0.15) is 4.31 Å². The molecule has 1 aliphatic rings. The van der Waals surface area contributed by atoms with Crippen LogP contribution in [0.15, 0.2) is 23.1 Å². The predicted molar refractivity (Wildman–Crippen MR) is 74.7 cm³/mol. The molecule has 1 atom stereocenters. The molecule has 0 amide bonds. The monoisotopic (exact) mass is 299 g/mol. The molecule has 7 nitrogen and oxygen atoms in total. The number of hydrogen-bond donors (Lipinski definition) is 1. The zero-order chi connectivity index (χ0) is 14.9. The first kappa shape index (κ1) is 14.7. The Bertz CT molecular complexity index is 630. The van der Waals surface area contributed by atoms with Gasteiger partial charge in [0.25, 0.3) is 5.69 Å². The van der Waals surface area contributed by atoms with Crippen molar-refractivity contribution in [1.82, 2.24) is 4.31 Å². The maximum absolute atomic E-state index is 12.6. The number of nitrogens with zero attached hydrogens (tertiary/aromatic N) is 2. The van der Waals surface area contributed by atoms with E-state index in [0.717, 1.165) is 31.4 Å².